The summed E-state index contributed by atoms with van der Waals surface area (Å²) in [5, 5.41) is 2.91. The van der Waals surface area contributed by atoms with Gasteiger partial charge in [0.25, 0.3) is 5.91 Å². The van der Waals surface area contributed by atoms with Gasteiger partial charge in [-0.25, -0.2) is 9.97 Å². The summed E-state index contributed by atoms with van der Waals surface area (Å²) in [6, 6.07) is 8.08. The van der Waals surface area contributed by atoms with Crippen LogP contribution in [0.5, 0.6) is 0 Å². The van der Waals surface area contributed by atoms with Crippen molar-refractivity contribution in [2.75, 3.05) is 0 Å². The quantitative estimate of drug-likeness (QED) is 0.937. The van der Waals surface area contributed by atoms with Crippen LogP contribution in [0.15, 0.2) is 30.5 Å². The third kappa shape index (κ3) is 3.88. The first-order valence-electron chi connectivity index (χ1n) is 7.14. The molecule has 0 aliphatic heterocycles. The maximum absolute atomic E-state index is 12.2. The van der Waals surface area contributed by atoms with Crippen LogP contribution < -0.4 is 5.32 Å². The van der Waals surface area contributed by atoms with E-state index in [2.05, 4.69) is 21.4 Å². The van der Waals surface area contributed by atoms with Gasteiger partial charge in [-0.05, 0) is 19.4 Å². The average molecular weight is 283 g/mol. The lowest BCUT2D eigenvalue weighted by molar-refractivity contribution is 0.0949. The van der Waals surface area contributed by atoms with Crippen molar-refractivity contribution in [1.29, 1.82) is 0 Å². The Kier molecular flexibility index (Phi) is 4.68. The van der Waals surface area contributed by atoms with E-state index in [9.17, 15) is 4.79 Å². The van der Waals surface area contributed by atoms with E-state index in [1.807, 2.05) is 45.9 Å². The van der Waals surface area contributed by atoms with Gasteiger partial charge in [-0.2, -0.15) is 0 Å². The molecular weight excluding hydrogens is 262 g/mol. The zero-order valence-electron chi connectivity index (χ0n) is 13.0. The SMILES string of the molecule is Cc1cccc(CNC(=O)c2cnc(C(C)C)nc2C)c1. The van der Waals surface area contributed by atoms with E-state index in [1.54, 1.807) is 6.20 Å². The first kappa shape index (κ1) is 15.2. The van der Waals surface area contributed by atoms with E-state index in [4.69, 9.17) is 0 Å². The summed E-state index contributed by atoms with van der Waals surface area (Å²) >= 11 is 0. The van der Waals surface area contributed by atoms with Crippen LogP contribution in [0.4, 0.5) is 0 Å². The Labute approximate surface area is 125 Å². The van der Waals surface area contributed by atoms with Gasteiger partial charge in [-0.3, -0.25) is 4.79 Å². The predicted molar refractivity (Wildman–Crippen MR) is 83.2 cm³/mol. The van der Waals surface area contributed by atoms with Crippen LogP contribution in [0.25, 0.3) is 0 Å². The molecule has 0 spiro atoms. The Morgan fingerprint density at radius 1 is 1.29 bits per heavy atom. The minimum Gasteiger partial charge on any atom is -0.348 e. The highest BCUT2D eigenvalue weighted by Crippen LogP contribution is 2.12. The molecule has 0 fully saturated rings. The number of carbonyl (C=O) groups excluding carboxylic acids is 1. The molecule has 110 valence electrons. The molecule has 0 unspecified atom stereocenters. The minimum absolute atomic E-state index is 0.135. The maximum Gasteiger partial charge on any atom is 0.254 e. The number of aryl methyl sites for hydroxylation is 2. The largest absolute Gasteiger partial charge is 0.348 e. The smallest absolute Gasteiger partial charge is 0.254 e. The molecule has 1 aromatic carbocycles. The van der Waals surface area contributed by atoms with Crippen LogP contribution in [-0.4, -0.2) is 15.9 Å². The predicted octanol–water partition coefficient (Wildman–Crippen LogP) is 3.15. The summed E-state index contributed by atoms with van der Waals surface area (Å²) in [6.07, 6.45) is 1.61. The number of hydrogen-bond donors (Lipinski definition) is 1. The zero-order valence-corrected chi connectivity index (χ0v) is 13.0. The summed E-state index contributed by atoms with van der Waals surface area (Å²) in [5.41, 5.74) is 3.52. The summed E-state index contributed by atoms with van der Waals surface area (Å²) in [5.74, 6) is 0.889. The molecule has 0 saturated heterocycles. The molecule has 21 heavy (non-hydrogen) atoms. The second kappa shape index (κ2) is 6.48. The maximum atomic E-state index is 12.2. The van der Waals surface area contributed by atoms with Crippen molar-refractivity contribution in [1.82, 2.24) is 15.3 Å². The van der Waals surface area contributed by atoms with Crippen molar-refractivity contribution in [3.8, 4) is 0 Å². The molecule has 0 saturated carbocycles. The fourth-order valence-electron chi connectivity index (χ4n) is 2.09. The van der Waals surface area contributed by atoms with Gasteiger partial charge in [-0.15, -0.1) is 0 Å². The molecular formula is C17H21N3O. The first-order valence-corrected chi connectivity index (χ1v) is 7.14. The van der Waals surface area contributed by atoms with E-state index in [0.29, 0.717) is 12.1 Å². The van der Waals surface area contributed by atoms with Gasteiger partial charge in [0.1, 0.15) is 5.82 Å². The third-order valence-electron chi connectivity index (χ3n) is 3.29. The lowest BCUT2D eigenvalue weighted by atomic mass is 10.1. The Morgan fingerprint density at radius 2 is 2.05 bits per heavy atom. The lowest BCUT2D eigenvalue weighted by Gasteiger charge is -2.10. The van der Waals surface area contributed by atoms with Crippen molar-refractivity contribution in [3.05, 3.63) is 58.7 Å². The average Bonchev–Trinajstić information content (AvgIpc) is 2.44. The van der Waals surface area contributed by atoms with E-state index < -0.39 is 0 Å². The van der Waals surface area contributed by atoms with Crippen molar-refractivity contribution >= 4 is 5.91 Å². The Balaban J connectivity index is 2.07. The Hall–Kier alpha value is -2.23. The van der Waals surface area contributed by atoms with Gasteiger partial charge in [-0.1, -0.05) is 43.7 Å². The number of nitrogens with zero attached hydrogens (tertiary/aromatic N) is 2. The van der Waals surface area contributed by atoms with Gasteiger partial charge in [0.15, 0.2) is 0 Å². The summed E-state index contributed by atoms with van der Waals surface area (Å²) in [6.45, 7) is 8.45. The van der Waals surface area contributed by atoms with E-state index >= 15 is 0 Å². The van der Waals surface area contributed by atoms with Crippen molar-refractivity contribution in [2.45, 2.75) is 40.2 Å². The monoisotopic (exact) mass is 283 g/mol. The molecule has 0 radical (unpaired) electrons. The van der Waals surface area contributed by atoms with Crippen LogP contribution in [0.2, 0.25) is 0 Å². The molecule has 1 heterocycles. The summed E-state index contributed by atoms with van der Waals surface area (Å²) in [4.78, 5) is 20.9. The third-order valence-corrected chi connectivity index (χ3v) is 3.29. The minimum atomic E-state index is -0.135. The molecule has 4 heteroatoms. The topological polar surface area (TPSA) is 54.9 Å². The number of aromatic nitrogens is 2. The van der Waals surface area contributed by atoms with Crippen LogP contribution in [0.3, 0.4) is 0 Å². The van der Waals surface area contributed by atoms with Gasteiger partial charge in [0.05, 0.1) is 11.3 Å². The van der Waals surface area contributed by atoms with E-state index in [1.165, 1.54) is 5.56 Å². The second-order valence-electron chi connectivity index (χ2n) is 5.55. The number of amides is 1. The molecule has 2 aromatic rings. The number of benzene rings is 1. The second-order valence-corrected chi connectivity index (χ2v) is 5.55. The normalized spacial score (nSPS) is 10.7. The van der Waals surface area contributed by atoms with Gasteiger partial charge < -0.3 is 5.32 Å². The number of rotatable bonds is 4. The fraction of sp³-hybridized carbons (Fsp3) is 0.353. The number of nitrogens with one attached hydrogen (secondary N) is 1. The summed E-state index contributed by atoms with van der Waals surface area (Å²) < 4.78 is 0. The Morgan fingerprint density at radius 3 is 2.67 bits per heavy atom. The molecule has 0 aliphatic rings. The van der Waals surface area contributed by atoms with E-state index in [0.717, 1.165) is 17.1 Å². The summed E-state index contributed by atoms with van der Waals surface area (Å²) in [7, 11) is 0. The molecule has 0 bridgehead atoms. The molecule has 1 N–H and O–H groups in total. The van der Waals surface area contributed by atoms with Gasteiger partial charge >= 0.3 is 0 Å². The van der Waals surface area contributed by atoms with Crippen LogP contribution in [0, 0.1) is 13.8 Å². The van der Waals surface area contributed by atoms with Gasteiger partial charge in [0.2, 0.25) is 0 Å². The molecule has 1 amide bonds. The van der Waals surface area contributed by atoms with E-state index in [-0.39, 0.29) is 11.8 Å². The Bertz CT molecular complexity index is 650. The molecule has 1 aromatic heterocycles. The van der Waals surface area contributed by atoms with Gasteiger partial charge in [0, 0.05) is 18.7 Å². The zero-order chi connectivity index (χ0) is 15.4. The highest BCUT2D eigenvalue weighted by atomic mass is 16.1. The molecule has 4 nitrogen and oxygen atoms in total. The van der Waals surface area contributed by atoms with Crippen molar-refractivity contribution in [2.24, 2.45) is 0 Å². The number of carbonyl (C=O) groups is 1. The van der Waals surface area contributed by atoms with Crippen molar-refractivity contribution in [3.63, 3.8) is 0 Å². The fourth-order valence-corrected chi connectivity index (χ4v) is 2.09. The molecule has 0 aliphatic carbocycles. The standard InChI is InChI=1S/C17H21N3O/c1-11(2)16-18-10-15(13(4)20-16)17(21)19-9-14-7-5-6-12(3)8-14/h5-8,10-11H,9H2,1-4H3,(H,19,21). The lowest BCUT2D eigenvalue weighted by Crippen LogP contribution is -2.24. The van der Waals surface area contributed by atoms with Crippen molar-refractivity contribution < 1.29 is 4.79 Å². The van der Waals surface area contributed by atoms with Crippen LogP contribution in [-0.2, 0) is 6.54 Å². The molecule has 2 rings (SSSR count). The van der Waals surface area contributed by atoms with Crippen LogP contribution in [0.1, 0.15) is 52.8 Å². The first-order chi connectivity index (χ1) is 9.97. The van der Waals surface area contributed by atoms with Crippen LogP contribution >= 0.6 is 0 Å². The molecule has 0 atom stereocenters. The number of hydrogen-bond acceptors (Lipinski definition) is 3. The highest BCUT2D eigenvalue weighted by Gasteiger charge is 2.12. The highest BCUT2D eigenvalue weighted by molar-refractivity contribution is 5.94.